The van der Waals surface area contributed by atoms with Crippen molar-refractivity contribution in [3.8, 4) is 11.1 Å². The van der Waals surface area contributed by atoms with E-state index in [-0.39, 0.29) is 42.9 Å². The van der Waals surface area contributed by atoms with E-state index in [1.807, 2.05) is 24.3 Å². The lowest BCUT2D eigenvalue weighted by molar-refractivity contribution is -0.117. The molecule has 0 saturated heterocycles. The van der Waals surface area contributed by atoms with Crippen molar-refractivity contribution in [2.75, 3.05) is 13.2 Å². The molecule has 0 radical (unpaired) electrons. The zero-order chi connectivity index (χ0) is 24.8. The number of amides is 2. The summed E-state index contributed by atoms with van der Waals surface area (Å²) in [4.78, 5) is 43.1. The number of carbonyl (C=O) groups is 3. The van der Waals surface area contributed by atoms with E-state index in [1.54, 1.807) is 13.0 Å². The SMILES string of the molecule is C/C(=C\CNC(=O)OCC1c2ccccc2-c2ccccc21)C(=O)NCc1ncc(C(=O)O)cn1. The Morgan fingerprint density at radius 1 is 0.971 bits per heavy atom. The summed E-state index contributed by atoms with van der Waals surface area (Å²) in [6.45, 7) is 2.00. The van der Waals surface area contributed by atoms with Gasteiger partial charge in [-0.25, -0.2) is 19.6 Å². The number of nitrogens with one attached hydrogen (secondary N) is 2. The van der Waals surface area contributed by atoms with E-state index in [9.17, 15) is 14.4 Å². The Balaban J connectivity index is 1.24. The lowest BCUT2D eigenvalue weighted by Crippen LogP contribution is -2.28. The van der Waals surface area contributed by atoms with Gasteiger partial charge in [0.1, 0.15) is 12.4 Å². The van der Waals surface area contributed by atoms with Gasteiger partial charge in [-0.05, 0) is 29.2 Å². The van der Waals surface area contributed by atoms with Crippen LogP contribution in [-0.2, 0) is 16.1 Å². The average molecular weight is 473 g/mol. The van der Waals surface area contributed by atoms with Crippen LogP contribution in [0.2, 0.25) is 0 Å². The number of aromatic nitrogens is 2. The summed E-state index contributed by atoms with van der Waals surface area (Å²) >= 11 is 0. The minimum atomic E-state index is -1.12. The summed E-state index contributed by atoms with van der Waals surface area (Å²) in [7, 11) is 0. The fourth-order valence-corrected chi connectivity index (χ4v) is 3.88. The van der Waals surface area contributed by atoms with Crippen LogP contribution in [0.15, 0.2) is 72.6 Å². The van der Waals surface area contributed by atoms with Gasteiger partial charge in [-0.3, -0.25) is 4.79 Å². The molecule has 1 aliphatic rings. The first-order valence-corrected chi connectivity index (χ1v) is 11.0. The number of aromatic carboxylic acids is 1. The maximum absolute atomic E-state index is 12.2. The van der Waals surface area contributed by atoms with Gasteiger partial charge in [0.15, 0.2) is 0 Å². The second-order valence-corrected chi connectivity index (χ2v) is 7.97. The smallest absolute Gasteiger partial charge is 0.407 e. The van der Waals surface area contributed by atoms with Crippen molar-refractivity contribution in [1.82, 2.24) is 20.6 Å². The predicted molar refractivity (Wildman–Crippen MR) is 128 cm³/mol. The van der Waals surface area contributed by atoms with E-state index in [4.69, 9.17) is 9.84 Å². The lowest BCUT2D eigenvalue weighted by atomic mass is 9.98. The minimum absolute atomic E-state index is 0.0250. The number of ether oxygens (including phenoxy) is 1. The highest BCUT2D eigenvalue weighted by Gasteiger charge is 2.28. The van der Waals surface area contributed by atoms with E-state index < -0.39 is 12.1 Å². The van der Waals surface area contributed by atoms with Gasteiger partial charge in [-0.2, -0.15) is 0 Å². The first-order chi connectivity index (χ1) is 16.9. The zero-order valence-electron chi connectivity index (χ0n) is 19.0. The van der Waals surface area contributed by atoms with E-state index in [0.717, 1.165) is 22.3 Å². The summed E-state index contributed by atoms with van der Waals surface area (Å²) in [5.41, 5.74) is 4.95. The van der Waals surface area contributed by atoms with Gasteiger partial charge in [-0.1, -0.05) is 54.6 Å². The van der Waals surface area contributed by atoms with Crippen LogP contribution in [0, 0.1) is 0 Å². The molecular weight excluding hydrogens is 448 g/mol. The molecule has 0 fully saturated rings. The average Bonchev–Trinajstić information content (AvgIpc) is 3.20. The van der Waals surface area contributed by atoms with Crippen LogP contribution in [0.5, 0.6) is 0 Å². The number of benzene rings is 2. The highest BCUT2D eigenvalue weighted by molar-refractivity contribution is 5.92. The van der Waals surface area contributed by atoms with Crippen LogP contribution >= 0.6 is 0 Å². The molecule has 2 aromatic carbocycles. The molecule has 2 amide bonds. The molecule has 9 heteroatoms. The maximum atomic E-state index is 12.2. The van der Waals surface area contributed by atoms with Gasteiger partial charge in [0.25, 0.3) is 0 Å². The highest BCUT2D eigenvalue weighted by atomic mass is 16.5. The number of rotatable bonds is 8. The van der Waals surface area contributed by atoms with Crippen molar-refractivity contribution in [1.29, 1.82) is 0 Å². The zero-order valence-corrected chi connectivity index (χ0v) is 19.0. The molecule has 1 heterocycles. The van der Waals surface area contributed by atoms with Gasteiger partial charge < -0.3 is 20.5 Å². The Morgan fingerprint density at radius 2 is 1.57 bits per heavy atom. The number of alkyl carbamates (subject to hydrolysis) is 1. The normalized spacial score (nSPS) is 12.4. The summed E-state index contributed by atoms with van der Waals surface area (Å²) < 4.78 is 5.48. The van der Waals surface area contributed by atoms with Gasteiger partial charge in [0.05, 0.1) is 12.1 Å². The minimum Gasteiger partial charge on any atom is -0.478 e. The van der Waals surface area contributed by atoms with Crippen LogP contribution in [-0.4, -0.2) is 46.2 Å². The molecule has 0 aliphatic heterocycles. The van der Waals surface area contributed by atoms with Crippen molar-refractivity contribution in [3.05, 3.63) is 95.1 Å². The number of fused-ring (bicyclic) bond motifs is 3. The Bertz CT molecular complexity index is 1240. The largest absolute Gasteiger partial charge is 0.478 e. The van der Waals surface area contributed by atoms with Gasteiger partial charge in [0.2, 0.25) is 5.91 Å². The van der Waals surface area contributed by atoms with E-state index >= 15 is 0 Å². The second-order valence-electron chi connectivity index (χ2n) is 7.97. The van der Waals surface area contributed by atoms with Crippen molar-refractivity contribution in [3.63, 3.8) is 0 Å². The van der Waals surface area contributed by atoms with Gasteiger partial charge in [-0.15, -0.1) is 0 Å². The third-order valence-electron chi connectivity index (χ3n) is 5.72. The van der Waals surface area contributed by atoms with Crippen LogP contribution in [0.1, 0.15) is 40.2 Å². The van der Waals surface area contributed by atoms with E-state index in [2.05, 4.69) is 44.9 Å². The quantitative estimate of drug-likeness (QED) is 0.429. The standard InChI is InChI=1S/C26H24N4O5/c1-16(24(31)30-14-23-28-12-17(13-29-23)25(32)33)10-11-27-26(34)35-15-22-20-8-4-2-6-18(20)19-7-3-5-9-21(19)22/h2-10,12-13,22H,11,14-15H2,1H3,(H,27,34)(H,30,31)(H,32,33)/b16-10+. The fraction of sp³-hybridized carbons (Fsp3) is 0.192. The monoisotopic (exact) mass is 472 g/mol. The molecule has 35 heavy (non-hydrogen) atoms. The van der Waals surface area contributed by atoms with E-state index in [1.165, 1.54) is 12.4 Å². The van der Waals surface area contributed by atoms with E-state index in [0.29, 0.717) is 5.57 Å². The number of nitrogens with zero attached hydrogens (tertiary/aromatic N) is 2. The molecule has 3 N–H and O–H groups in total. The van der Waals surface area contributed by atoms with Crippen LogP contribution in [0.25, 0.3) is 11.1 Å². The molecule has 0 spiro atoms. The Morgan fingerprint density at radius 3 is 2.17 bits per heavy atom. The molecule has 9 nitrogen and oxygen atoms in total. The van der Waals surface area contributed by atoms with Crippen LogP contribution < -0.4 is 10.6 Å². The summed E-state index contributed by atoms with van der Waals surface area (Å²) in [6, 6.07) is 16.2. The summed E-state index contributed by atoms with van der Waals surface area (Å²) in [5.74, 6) is -1.22. The van der Waals surface area contributed by atoms with Gasteiger partial charge >= 0.3 is 12.1 Å². The predicted octanol–water partition coefficient (Wildman–Crippen LogP) is 3.28. The first-order valence-electron chi connectivity index (χ1n) is 11.0. The Labute approximate surface area is 201 Å². The topological polar surface area (TPSA) is 131 Å². The maximum Gasteiger partial charge on any atom is 0.407 e. The molecule has 0 unspecified atom stereocenters. The third-order valence-corrected chi connectivity index (χ3v) is 5.72. The molecule has 3 aromatic rings. The highest BCUT2D eigenvalue weighted by Crippen LogP contribution is 2.44. The Hall–Kier alpha value is -4.53. The fourth-order valence-electron chi connectivity index (χ4n) is 3.88. The number of carbonyl (C=O) groups excluding carboxylic acids is 2. The van der Waals surface area contributed by atoms with Crippen molar-refractivity contribution < 1.29 is 24.2 Å². The number of hydrogen-bond donors (Lipinski definition) is 3. The molecule has 178 valence electrons. The molecule has 1 aliphatic carbocycles. The summed E-state index contributed by atoms with van der Waals surface area (Å²) in [6.07, 6.45) is 3.36. The number of carboxylic acids is 1. The Kier molecular flexibility index (Phi) is 7.15. The molecular formula is C26H24N4O5. The van der Waals surface area contributed by atoms with Crippen molar-refractivity contribution in [2.45, 2.75) is 19.4 Å². The molecule has 0 saturated carbocycles. The first kappa shape index (κ1) is 23.6. The molecule has 0 atom stereocenters. The molecule has 4 rings (SSSR count). The number of hydrogen-bond acceptors (Lipinski definition) is 6. The van der Waals surface area contributed by atoms with Crippen LogP contribution in [0.3, 0.4) is 0 Å². The van der Waals surface area contributed by atoms with Crippen molar-refractivity contribution >= 4 is 18.0 Å². The van der Waals surface area contributed by atoms with Crippen molar-refractivity contribution in [2.24, 2.45) is 0 Å². The lowest BCUT2D eigenvalue weighted by Gasteiger charge is -2.14. The van der Waals surface area contributed by atoms with Gasteiger partial charge in [0, 0.05) is 30.4 Å². The summed E-state index contributed by atoms with van der Waals surface area (Å²) in [5, 5.41) is 14.1. The number of carboxylic acid groups (broad SMARTS) is 1. The van der Waals surface area contributed by atoms with Crippen LogP contribution in [0.4, 0.5) is 4.79 Å². The molecule has 1 aromatic heterocycles. The molecule has 0 bridgehead atoms. The second kappa shape index (κ2) is 10.6. The third kappa shape index (κ3) is 5.52.